The second kappa shape index (κ2) is 6.58. The Morgan fingerprint density at radius 3 is 2.46 bits per heavy atom. The topological polar surface area (TPSA) is 102 Å². The van der Waals surface area contributed by atoms with E-state index in [2.05, 4.69) is 6.92 Å². The predicted molar refractivity (Wildman–Crippen MR) is 40.5 cm³/mol. The van der Waals surface area contributed by atoms with Gasteiger partial charge in [-0.05, 0) is 6.42 Å². The van der Waals surface area contributed by atoms with Crippen molar-refractivity contribution in [2.45, 2.75) is 32.2 Å². The highest BCUT2D eigenvalue weighted by atomic mass is 16.9. The van der Waals surface area contributed by atoms with Gasteiger partial charge in [-0.25, -0.2) is 0 Å². The first-order chi connectivity index (χ1) is 6.07. The molecule has 1 saturated heterocycles. The van der Waals surface area contributed by atoms with Gasteiger partial charge in [0.25, 0.3) is 5.09 Å². The van der Waals surface area contributed by atoms with E-state index in [9.17, 15) is 0 Å². The van der Waals surface area contributed by atoms with E-state index < -0.39 is 11.4 Å². The Kier molecular flexibility index (Phi) is 6.11. The number of nitrogens with zero attached hydrogens (tertiary/aromatic N) is 1. The molecule has 1 aliphatic rings. The summed E-state index contributed by atoms with van der Waals surface area (Å²) in [6, 6.07) is 0. The van der Waals surface area contributed by atoms with Crippen molar-refractivity contribution in [3.05, 3.63) is 10.1 Å². The molecule has 7 heteroatoms. The molecule has 1 rings (SSSR count). The van der Waals surface area contributed by atoms with E-state index in [0.717, 1.165) is 12.8 Å². The van der Waals surface area contributed by atoms with E-state index >= 15 is 0 Å². The number of hydrogen-bond donors (Lipinski definition) is 2. The quantitative estimate of drug-likeness (QED) is 0.479. The molecule has 0 radical (unpaired) electrons. The van der Waals surface area contributed by atoms with Gasteiger partial charge < -0.3 is 19.8 Å². The molecule has 13 heavy (non-hydrogen) atoms. The first kappa shape index (κ1) is 12.1. The maximum atomic E-state index is 8.97. The van der Waals surface area contributed by atoms with E-state index in [1.165, 1.54) is 0 Å². The summed E-state index contributed by atoms with van der Waals surface area (Å²) in [6.45, 7) is 2.29. The van der Waals surface area contributed by atoms with E-state index in [1.807, 2.05) is 0 Å². The summed E-state index contributed by atoms with van der Waals surface area (Å²) in [6.07, 6.45) is 1.12. The molecular formula is C6H13NO6. The summed E-state index contributed by atoms with van der Waals surface area (Å²) in [4.78, 5) is 8.36. The largest absolute Gasteiger partial charge is 0.366 e. The minimum Gasteiger partial charge on any atom is -0.366 e. The lowest BCUT2D eigenvalue weighted by atomic mass is 10.2. The van der Waals surface area contributed by atoms with Crippen molar-refractivity contribution in [3.8, 4) is 0 Å². The average molecular weight is 195 g/mol. The maximum absolute atomic E-state index is 8.97. The first-order valence-electron chi connectivity index (χ1n) is 3.82. The number of ether oxygens (including phenoxy) is 2. The van der Waals surface area contributed by atoms with Gasteiger partial charge >= 0.3 is 0 Å². The second-order valence-corrected chi connectivity index (χ2v) is 2.41. The fourth-order valence-electron chi connectivity index (χ4n) is 0.896. The Morgan fingerprint density at radius 2 is 2.15 bits per heavy atom. The van der Waals surface area contributed by atoms with Crippen LogP contribution >= 0.6 is 0 Å². The molecule has 0 aromatic carbocycles. The van der Waals surface area contributed by atoms with Crippen LogP contribution in [0.2, 0.25) is 0 Å². The highest BCUT2D eigenvalue weighted by Gasteiger charge is 2.25. The highest BCUT2D eigenvalue weighted by molar-refractivity contribution is 4.62. The summed E-state index contributed by atoms with van der Waals surface area (Å²) in [5.41, 5.74) is 0. The lowest BCUT2D eigenvalue weighted by molar-refractivity contribution is -0.742. The van der Waals surface area contributed by atoms with Crippen molar-refractivity contribution in [2.24, 2.45) is 0 Å². The summed E-state index contributed by atoms with van der Waals surface area (Å²) < 4.78 is 9.78. The number of aliphatic hydroxyl groups is 1. The molecular weight excluding hydrogens is 182 g/mol. The smallest absolute Gasteiger partial charge is 0.291 e. The van der Waals surface area contributed by atoms with Crippen molar-refractivity contribution >= 4 is 0 Å². The highest BCUT2D eigenvalue weighted by Crippen LogP contribution is 2.14. The molecule has 1 fully saturated rings. The second-order valence-electron chi connectivity index (χ2n) is 2.41. The fraction of sp³-hybridized carbons (Fsp3) is 1.00. The molecule has 78 valence electrons. The van der Waals surface area contributed by atoms with Gasteiger partial charge in [0, 0.05) is 0 Å². The van der Waals surface area contributed by atoms with Gasteiger partial charge in [0.15, 0.2) is 13.1 Å². The third-order valence-electron chi connectivity index (χ3n) is 1.41. The van der Waals surface area contributed by atoms with Gasteiger partial charge in [-0.15, -0.1) is 10.1 Å². The van der Waals surface area contributed by atoms with Crippen LogP contribution in [0.15, 0.2) is 0 Å². The van der Waals surface area contributed by atoms with Crippen LogP contribution in [0.3, 0.4) is 0 Å². The van der Waals surface area contributed by atoms with Gasteiger partial charge in [-0.3, -0.25) is 0 Å². The standard InChI is InChI=1S/C6H12O3.HNO3/c1-2-3-5-6(7)9-4-8-5;2-1(3)4/h5-7H,2-4H2,1H3;(H,2,3,4). The van der Waals surface area contributed by atoms with Crippen LogP contribution in [0.4, 0.5) is 0 Å². The summed E-state index contributed by atoms with van der Waals surface area (Å²) >= 11 is 0. The number of rotatable bonds is 2. The van der Waals surface area contributed by atoms with E-state index in [-0.39, 0.29) is 12.9 Å². The average Bonchev–Trinajstić information content (AvgIpc) is 2.36. The molecule has 2 atom stereocenters. The van der Waals surface area contributed by atoms with Crippen molar-refractivity contribution in [2.75, 3.05) is 6.79 Å². The molecule has 0 aliphatic carbocycles. The number of aliphatic hydroxyl groups excluding tert-OH is 1. The van der Waals surface area contributed by atoms with Gasteiger partial charge in [0.05, 0.1) is 0 Å². The summed E-state index contributed by atoms with van der Waals surface area (Å²) in [5, 5.41) is 22.6. The Balaban J connectivity index is 0.000000310. The van der Waals surface area contributed by atoms with Crippen LogP contribution in [0.25, 0.3) is 0 Å². The lowest BCUT2D eigenvalue weighted by Crippen LogP contribution is -2.21. The SMILES string of the molecule is CCCC1OCOC1O.O=[N+]([O-])O. The van der Waals surface area contributed by atoms with Crippen molar-refractivity contribution < 1.29 is 24.9 Å². The molecule has 2 unspecified atom stereocenters. The molecule has 2 N–H and O–H groups in total. The third kappa shape index (κ3) is 6.26. The van der Waals surface area contributed by atoms with Gasteiger partial charge in [0.2, 0.25) is 0 Å². The van der Waals surface area contributed by atoms with Crippen LogP contribution in [-0.2, 0) is 9.47 Å². The monoisotopic (exact) mass is 195 g/mol. The Hall–Kier alpha value is -0.920. The zero-order valence-electron chi connectivity index (χ0n) is 7.25. The Morgan fingerprint density at radius 1 is 1.62 bits per heavy atom. The minimum atomic E-state index is -1.50. The molecule has 0 aromatic rings. The zero-order valence-corrected chi connectivity index (χ0v) is 7.25. The van der Waals surface area contributed by atoms with Crippen LogP contribution in [0.1, 0.15) is 19.8 Å². The van der Waals surface area contributed by atoms with Crippen LogP contribution < -0.4 is 0 Å². The molecule has 0 spiro atoms. The van der Waals surface area contributed by atoms with Crippen LogP contribution in [0, 0.1) is 10.1 Å². The molecule has 0 saturated carbocycles. The van der Waals surface area contributed by atoms with Crippen molar-refractivity contribution in [3.63, 3.8) is 0 Å². The zero-order chi connectivity index (χ0) is 10.3. The lowest BCUT2D eigenvalue weighted by Gasteiger charge is -2.08. The van der Waals surface area contributed by atoms with Gasteiger partial charge in [-0.1, -0.05) is 13.3 Å². The van der Waals surface area contributed by atoms with Crippen molar-refractivity contribution in [1.82, 2.24) is 0 Å². The predicted octanol–water partition coefficient (Wildman–Crippen LogP) is 0.130. The van der Waals surface area contributed by atoms with Gasteiger partial charge in [-0.2, -0.15) is 0 Å². The normalized spacial score (nSPS) is 26.3. The van der Waals surface area contributed by atoms with Crippen LogP contribution in [-0.4, -0.2) is 34.6 Å². The molecule has 0 amide bonds. The van der Waals surface area contributed by atoms with Crippen molar-refractivity contribution in [1.29, 1.82) is 0 Å². The summed E-state index contributed by atoms with van der Waals surface area (Å²) in [5.74, 6) is 0. The first-order valence-corrected chi connectivity index (χ1v) is 3.82. The van der Waals surface area contributed by atoms with E-state index in [4.69, 9.17) is 29.9 Å². The fourth-order valence-corrected chi connectivity index (χ4v) is 0.896. The molecule has 7 nitrogen and oxygen atoms in total. The number of hydrogen-bond acceptors (Lipinski definition) is 5. The van der Waals surface area contributed by atoms with Crippen LogP contribution in [0.5, 0.6) is 0 Å². The molecule has 0 bridgehead atoms. The third-order valence-corrected chi connectivity index (χ3v) is 1.41. The Bertz CT molecular complexity index is 148. The molecule has 1 aliphatic heterocycles. The molecule has 1 heterocycles. The maximum Gasteiger partial charge on any atom is 0.291 e. The minimum absolute atomic E-state index is 0.0880. The summed E-state index contributed by atoms with van der Waals surface area (Å²) in [7, 11) is 0. The van der Waals surface area contributed by atoms with Gasteiger partial charge in [0.1, 0.15) is 6.10 Å². The Labute approximate surface area is 75.0 Å². The van der Waals surface area contributed by atoms with E-state index in [0.29, 0.717) is 0 Å². The van der Waals surface area contributed by atoms with E-state index in [1.54, 1.807) is 0 Å². The molecule has 0 aromatic heterocycles.